The molecule has 0 aromatic heterocycles. The van der Waals surface area contributed by atoms with E-state index in [2.05, 4.69) is 6.58 Å². The highest BCUT2D eigenvalue weighted by Gasteiger charge is 2.16. The second-order valence-electron chi connectivity index (χ2n) is 2.76. The number of ketones is 1. The lowest BCUT2D eigenvalue weighted by atomic mass is 9.91. The van der Waals surface area contributed by atoms with Crippen LogP contribution in [0.25, 0.3) is 0 Å². The lowest BCUT2D eigenvalue weighted by Crippen LogP contribution is -2.16. The number of carbonyl (C=O) groups excluding carboxylic acids is 1. The van der Waals surface area contributed by atoms with Gasteiger partial charge in [-0.25, -0.2) is 0 Å². The van der Waals surface area contributed by atoms with Crippen LogP contribution in [-0.4, -0.2) is 5.78 Å². The van der Waals surface area contributed by atoms with Crippen molar-refractivity contribution in [3.05, 3.63) is 12.6 Å². The smallest absolute Gasteiger partial charge is 0.160 e. The van der Waals surface area contributed by atoms with Crippen LogP contribution >= 0.6 is 0 Å². The highest BCUT2D eigenvalue weighted by atomic mass is 16.1. The van der Waals surface area contributed by atoms with E-state index in [0.717, 1.165) is 0 Å². The molecule has 0 aromatic rings. The van der Waals surface area contributed by atoms with E-state index >= 15 is 0 Å². The molecule has 0 saturated carbocycles. The van der Waals surface area contributed by atoms with Gasteiger partial charge in [-0.3, -0.25) is 4.79 Å². The summed E-state index contributed by atoms with van der Waals surface area (Å²) in [7, 11) is 0. The maximum Gasteiger partial charge on any atom is 0.160 e. The van der Waals surface area contributed by atoms with Crippen molar-refractivity contribution in [3.63, 3.8) is 0 Å². The summed E-state index contributed by atoms with van der Waals surface area (Å²) >= 11 is 0. The standard InChI is InChI=1S/C7H12O/c1-5-6(8)7(2,3)4/h5H,1H2,2-4H3/i5D. The summed E-state index contributed by atoms with van der Waals surface area (Å²) in [5.41, 5.74) is -0.446. The van der Waals surface area contributed by atoms with E-state index < -0.39 is 5.41 Å². The molecule has 0 unspecified atom stereocenters. The van der Waals surface area contributed by atoms with Gasteiger partial charge in [-0.2, -0.15) is 0 Å². The first-order valence-electron chi connectivity index (χ1n) is 3.06. The van der Waals surface area contributed by atoms with Gasteiger partial charge in [0.1, 0.15) is 0 Å². The zero-order chi connectivity index (χ0) is 7.65. The Kier molecular flexibility index (Phi) is 1.47. The third kappa shape index (κ3) is 1.92. The predicted octanol–water partition coefficient (Wildman–Crippen LogP) is 1.79. The van der Waals surface area contributed by atoms with Crippen LogP contribution in [0.4, 0.5) is 0 Å². The molecule has 0 bridgehead atoms. The van der Waals surface area contributed by atoms with Gasteiger partial charge >= 0.3 is 0 Å². The molecule has 1 nitrogen and oxygen atoms in total. The monoisotopic (exact) mass is 113 g/mol. The van der Waals surface area contributed by atoms with Crippen LogP contribution in [0, 0.1) is 5.41 Å². The van der Waals surface area contributed by atoms with Gasteiger partial charge in [0.05, 0.1) is 1.37 Å². The zero-order valence-corrected chi connectivity index (χ0v) is 5.62. The molecule has 0 aliphatic heterocycles. The van der Waals surface area contributed by atoms with Gasteiger partial charge in [0.25, 0.3) is 0 Å². The van der Waals surface area contributed by atoms with Crippen molar-refractivity contribution in [2.24, 2.45) is 5.41 Å². The van der Waals surface area contributed by atoms with E-state index in [1.807, 2.05) is 0 Å². The SMILES string of the molecule is [2H]C(=C)C(=O)C(C)(C)C. The molecule has 0 atom stereocenters. The van der Waals surface area contributed by atoms with Gasteiger partial charge < -0.3 is 0 Å². The molecule has 1 heteroatoms. The maximum absolute atomic E-state index is 10.9. The average Bonchev–Trinajstić information content (AvgIpc) is 1.62. The molecule has 0 heterocycles. The van der Waals surface area contributed by atoms with Crippen LogP contribution in [0.1, 0.15) is 22.1 Å². The summed E-state index contributed by atoms with van der Waals surface area (Å²) in [5.74, 6) is -0.192. The Morgan fingerprint density at radius 1 is 1.75 bits per heavy atom. The van der Waals surface area contributed by atoms with Gasteiger partial charge in [0.2, 0.25) is 0 Å². The highest BCUT2D eigenvalue weighted by Crippen LogP contribution is 2.13. The Balaban J connectivity index is 4.23. The summed E-state index contributed by atoms with van der Waals surface area (Å²) < 4.78 is 6.90. The van der Waals surface area contributed by atoms with Crippen LogP contribution < -0.4 is 0 Å². The van der Waals surface area contributed by atoms with Gasteiger partial charge in [0, 0.05) is 5.41 Å². The molecule has 0 aliphatic carbocycles. The Morgan fingerprint density at radius 2 is 2.12 bits per heavy atom. The van der Waals surface area contributed by atoms with Gasteiger partial charge in [-0.1, -0.05) is 27.4 Å². The van der Waals surface area contributed by atoms with Crippen LogP contribution in [-0.2, 0) is 4.79 Å². The van der Waals surface area contributed by atoms with E-state index in [-0.39, 0.29) is 11.8 Å². The van der Waals surface area contributed by atoms with Crippen molar-refractivity contribution in [1.82, 2.24) is 0 Å². The van der Waals surface area contributed by atoms with E-state index in [1.54, 1.807) is 20.8 Å². The molecule has 0 fully saturated rings. The molecule has 0 amide bonds. The molecule has 0 rings (SSSR count). The number of carbonyl (C=O) groups is 1. The van der Waals surface area contributed by atoms with Crippen molar-refractivity contribution in [2.45, 2.75) is 20.8 Å². The first-order valence-corrected chi connectivity index (χ1v) is 2.56. The predicted molar refractivity (Wildman–Crippen MR) is 34.7 cm³/mol. The topological polar surface area (TPSA) is 17.1 Å². The number of allylic oxidation sites excluding steroid dienone is 1. The first-order chi connectivity index (χ1) is 3.85. The van der Waals surface area contributed by atoms with Crippen molar-refractivity contribution in [3.8, 4) is 0 Å². The van der Waals surface area contributed by atoms with Crippen LogP contribution in [0.3, 0.4) is 0 Å². The molecule has 0 aliphatic rings. The minimum Gasteiger partial charge on any atom is -0.294 e. The molecule has 0 saturated heterocycles. The normalized spacial score (nSPS) is 12.6. The molecule has 8 heavy (non-hydrogen) atoms. The van der Waals surface area contributed by atoms with Crippen molar-refractivity contribution >= 4 is 5.78 Å². The van der Waals surface area contributed by atoms with Gasteiger partial charge in [-0.15, -0.1) is 0 Å². The minimum absolute atomic E-state index is 0.109. The second-order valence-corrected chi connectivity index (χ2v) is 2.76. The first kappa shape index (κ1) is 5.54. The van der Waals surface area contributed by atoms with Crippen molar-refractivity contribution < 1.29 is 6.17 Å². The third-order valence-corrected chi connectivity index (χ3v) is 0.842. The number of hydrogen-bond acceptors (Lipinski definition) is 1. The van der Waals surface area contributed by atoms with Crippen LogP contribution in [0.5, 0.6) is 0 Å². The van der Waals surface area contributed by atoms with Crippen LogP contribution in [0.2, 0.25) is 0 Å². The maximum atomic E-state index is 10.9. The summed E-state index contributed by atoms with van der Waals surface area (Å²) in [6.45, 7) is 8.56. The van der Waals surface area contributed by atoms with E-state index in [4.69, 9.17) is 1.37 Å². The Bertz CT molecular complexity index is 141. The van der Waals surface area contributed by atoms with Crippen LogP contribution in [0.15, 0.2) is 12.6 Å². The molecule has 0 aromatic carbocycles. The Labute approximate surface area is 51.8 Å². The van der Waals surface area contributed by atoms with Crippen molar-refractivity contribution in [1.29, 1.82) is 0 Å². The average molecular weight is 113 g/mol. The lowest BCUT2D eigenvalue weighted by Gasteiger charge is -2.11. The fraction of sp³-hybridized carbons (Fsp3) is 0.571. The highest BCUT2D eigenvalue weighted by molar-refractivity contribution is 5.93. The minimum atomic E-state index is -0.446. The summed E-state index contributed by atoms with van der Waals surface area (Å²) in [4.78, 5) is 10.9. The summed E-state index contributed by atoms with van der Waals surface area (Å²) in [6.07, 6.45) is 0. The lowest BCUT2D eigenvalue weighted by molar-refractivity contribution is -0.121. The Hall–Kier alpha value is -0.590. The van der Waals surface area contributed by atoms with E-state index in [0.29, 0.717) is 0 Å². The van der Waals surface area contributed by atoms with E-state index in [1.165, 1.54) is 0 Å². The van der Waals surface area contributed by atoms with Crippen molar-refractivity contribution in [2.75, 3.05) is 0 Å². The summed E-state index contributed by atoms with van der Waals surface area (Å²) in [6, 6.07) is -0.109. The van der Waals surface area contributed by atoms with E-state index in [9.17, 15) is 4.79 Å². The molecule has 0 N–H and O–H groups in total. The third-order valence-electron chi connectivity index (χ3n) is 0.842. The van der Waals surface area contributed by atoms with Gasteiger partial charge in [0.15, 0.2) is 5.78 Å². The molecule has 46 valence electrons. The molecular weight excluding hydrogens is 100 g/mol. The number of rotatable bonds is 1. The number of hydrogen-bond donors (Lipinski definition) is 0. The zero-order valence-electron chi connectivity index (χ0n) is 6.62. The largest absolute Gasteiger partial charge is 0.294 e. The summed E-state index contributed by atoms with van der Waals surface area (Å²) in [5, 5.41) is 0. The second kappa shape index (κ2) is 2.12. The molecular formula is C7H12O. The van der Waals surface area contributed by atoms with Gasteiger partial charge in [-0.05, 0) is 6.05 Å². The Morgan fingerprint density at radius 3 is 2.12 bits per heavy atom. The fourth-order valence-electron chi connectivity index (χ4n) is 0.265. The molecule has 0 spiro atoms. The fourth-order valence-corrected chi connectivity index (χ4v) is 0.265. The quantitative estimate of drug-likeness (QED) is 0.474. The molecule has 0 radical (unpaired) electrons.